The maximum absolute atomic E-state index is 12.2. The molecule has 3 heterocycles. The number of aryl methyl sites for hydroxylation is 1. The first-order valence-electron chi connectivity index (χ1n) is 8.83. The molecule has 2 aromatic rings. The van der Waals surface area contributed by atoms with Crippen molar-refractivity contribution in [1.29, 1.82) is 0 Å². The molecule has 1 aliphatic heterocycles. The van der Waals surface area contributed by atoms with Crippen LogP contribution in [0.1, 0.15) is 39.7 Å². The summed E-state index contributed by atoms with van der Waals surface area (Å²) in [5.41, 5.74) is 0.867. The number of hydrogen-bond acceptors (Lipinski definition) is 6. The van der Waals surface area contributed by atoms with E-state index in [0.29, 0.717) is 13.1 Å². The van der Waals surface area contributed by atoms with Crippen LogP contribution in [0.15, 0.2) is 11.7 Å². The Balaban J connectivity index is 1.74. The van der Waals surface area contributed by atoms with Crippen LogP contribution in [0.25, 0.3) is 10.2 Å². The molecule has 0 saturated carbocycles. The third kappa shape index (κ3) is 4.03. The van der Waals surface area contributed by atoms with Gasteiger partial charge in [0, 0.05) is 26.2 Å². The standard InChI is InChI=1S/C18H26N4O2S/c1-5-6-13-11-25-16-14(13)15(19-12-20-16)21-7-9-22(10-8-21)17(23)24-18(2,3)4/h11-12H,5-10H2,1-4H3. The monoisotopic (exact) mass is 362 g/mol. The van der Waals surface area contributed by atoms with Crippen LogP contribution in [-0.2, 0) is 11.2 Å². The third-order valence-corrected chi connectivity index (χ3v) is 5.11. The second-order valence-corrected chi connectivity index (χ2v) is 8.20. The highest BCUT2D eigenvalue weighted by molar-refractivity contribution is 7.17. The summed E-state index contributed by atoms with van der Waals surface area (Å²) >= 11 is 1.68. The molecule has 6 nitrogen and oxygen atoms in total. The Hall–Kier alpha value is -1.89. The summed E-state index contributed by atoms with van der Waals surface area (Å²) in [7, 11) is 0. The van der Waals surface area contributed by atoms with Gasteiger partial charge in [-0.25, -0.2) is 14.8 Å². The van der Waals surface area contributed by atoms with Crippen molar-refractivity contribution in [1.82, 2.24) is 14.9 Å². The van der Waals surface area contributed by atoms with Crippen molar-refractivity contribution >= 4 is 33.5 Å². The summed E-state index contributed by atoms with van der Waals surface area (Å²) in [5.74, 6) is 0.999. The summed E-state index contributed by atoms with van der Waals surface area (Å²) in [6, 6.07) is 0. The van der Waals surface area contributed by atoms with Gasteiger partial charge in [-0.05, 0) is 38.1 Å². The van der Waals surface area contributed by atoms with Crippen molar-refractivity contribution in [3.63, 3.8) is 0 Å². The first-order valence-corrected chi connectivity index (χ1v) is 9.71. The lowest BCUT2D eigenvalue weighted by atomic mass is 10.1. The fraction of sp³-hybridized carbons (Fsp3) is 0.611. The van der Waals surface area contributed by atoms with Crippen LogP contribution < -0.4 is 4.90 Å². The zero-order valence-corrected chi connectivity index (χ0v) is 16.2. The summed E-state index contributed by atoms with van der Waals surface area (Å²) in [5, 5.41) is 3.38. The van der Waals surface area contributed by atoms with E-state index in [-0.39, 0.29) is 6.09 Å². The van der Waals surface area contributed by atoms with E-state index in [1.807, 2.05) is 20.8 Å². The van der Waals surface area contributed by atoms with E-state index in [0.717, 1.165) is 36.6 Å². The molecule has 1 amide bonds. The van der Waals surface area contributed by atoms with Gasteiger partial charge in [-0.1, -0.05) is 13.3 Å². The lowest BCUT2D eigenvalue weighted by Crippen LogP contribution is -2.50. The fourth-order valence-corrected chi connectivity index (χ4v) is 3.98. The number of rotatable bonds is 3. The number of amides is 1. The molecular weight excluding hydrogens is 336 g/mol. The number of fused-ring (bicyclic) bond motifs is 1. The average molecular weight is 362 g/mol. The van der Waals surface area contributed by atoms with Crippen molar-refractivity contribution in [2.24, 2.45) is 0 Å². The predicted molar refractivity (Wildman–Crippen MR) is 101 cm³/mol. The van der Waals surface area contributed by atoms with Crippen molar-refractivity contribution in [3.05, 3.63) is 17.3 Å². The van der Waals surface area contributed by atoms with Crippen LogP contribution in [0.5, 0.6) is 0 Å². The molecule has 0 aromatic carbocycles. The lowest BCUT2D eigenvalue weighted by Gasteiger charge is -2.36. The molecule has 3 rings (SSSR count). The van der Waals surface area contributed by atoms with E-state index in [4.69, 9.17) is 4.74 Å². The minimum Gasteiger partial charge on any atom is -0.444 e. The van der Waals surface area contributed by atoms with Crippen LogP contribution in [0, 0.1) is 0 Å². The maximum Gasteiger partial charge on any atom is 0.410 e. The molecule has 1 saturated heterocycles. The number of aromatic nitrogens is 2. The molecule has 0 N–H and O–H groups in total. The molecule has 1 fully saturated rings. The minimum atomic E-state index is -0.460. The SMILES string of the molecule is CCCc1csc2ncnc(N3CCN(C(=O)OC(C)(C)C)CC3)c12. The van der Waals surface area contributed by atoms with Crippen LogP contribution in [-0.4, -0.2) is 52.7 Å². The van der Waals surface area contributed by atoms with E-state index in [1.54, 1.807) is 22.6 Å². The second kappa shape index (κ2) is 7.15. The number of anilines is 1. The van der Waals surface area contributed by atoms with Crippen LogP contribution in [0.3, 0.4) is 0 Å². The van der Waals surface area contributed by atoms with E-state index >= 15 is 0 Å². The number of ether oxygens (including phenoxy) is 1. The molecule has 1 aliphatic rings. The molecule has 25 heavy (non-hydrogen) atoms. The van der Waals surface area contributed by atoms with Crippen LogP contribution >= 0.6 is 11.3 Å². The molecule has 2 aromatic heterocycles. The Morgan fingerprint density at radius 3 is 2.60 bits per heavy atom. The Labute approximate surface area is 152 Å². The number of carbonyl (C=O) groups excluding carboxylic acids is 1. The molecule has 0 aliphatic carbocycles. The van der Waals surface area contributed by atoms with Crippen molar-refractivity contribution in [2.45, 2.75) is 46.1 Å². The van der Waals surface area contributed by atoms with Gasteiger partial charge in [-0.3, -0.25) is 0 Å². The van der Waals surface area contributed by atoms with Crippen molar-refractivity contribution in [2.75, 3.05) is 31.1 Å². The van der Waals surface area contributed by atoms with Gasteiger partial charge in [0.05, 0.1) is 5.39 Å². The number of hydrogen-bond donors (Lipinski definition) is 0. The average Bonchev–Trinajstić information content (AvgIpc) is 2.97. The largest absolute Gasteiger partial charge is 0.444 e. The fourth-order valence-electron chi connectivity index (χ4n) is 3.04. The van der Waals surface area contributed by atoms with E-state index < -0.39 is 5.60 Å². The number of piperazine rings is 1. The Bertz CT molecular complexity index is 745. The smallest absolute Gasteiger partial charge is 0.410 e. The highest BCUT2D eigenvalue weighted by Gasteiger charge is 2.27. The molecule has 0 atom stereocenters. The first-order chi connectivity index (χ1) is 11.9. The molecular formula is C18H26N4O2S. The summed E-state index contributed by atoms with van der Waals surface area (Å²) in [6.45, 7) is 10.7. The second-order valence-electron chi connectivity index (χ2n) is 7.34. The molecule has 0 spiro atoms. The maximum atomic E-state index is 12.2. The van der Waals surface area contributed by atoms with Crippen LogP contribution in [0.4, 0.5) is 10.6 Å². The zero-order chi connectivity index (χ0) is 18.0. The molecule has 0 bridgehead atoms. The quantitative estimate of drug-likeness (QED) is 0.833. The minimum absolute atomic E-state index is 0.234. The topological polar surface area (TPSA) is 58.6 Å². The Kier molecular flexibility index (Phi) is 5.13. The Morgan fingerprint density at radius 2 is 1.96 bits per heavy atom. The normalized spacial score (nSPS) is 15.7. The molecule has 7 heteroatoms. The van der Waals surface area contributed by atoms with Crippen molar-refractivity contribution < 1.29 is 9.53 Å². The van der Waals surface area contributed by atoms with Gasteiger partial charge in [-0.15, -0.1) is 11.3 Å². The summed E-state index contributed by atoms with van der Waals surface area (Å²) < 4.78 is 5.47. The van der Waals surface area contributed by atoms with E-state index in [9.17, 15) is 4.79 Å². The van der Waals surface area contributed by atoms with Gasteiger partial charge in [0.1, 0.15) is 22.6 Å². The first kappa shape index (κ1) is 17.9. The molecule has 0 radical (unpaired) electrons. The van der Waals surface area contributed by atoms with Gasteiger partial charge in [0.25, 0.3) is 0 Å². The predicted octanol–water partition coefficient (Wildman–Crippen LogP) is 3.70. The number of nitrogens with zero attached hydrogens (tertiary/aromatic N) is 4. The summed E-state index contributed by atoms with van der Waals surface area (Å²) in [4.78, 5) is 26.3. The van der Waals surface area contributed by atoms with Gasteiger partial charge >= 0.3 is 6.09 Å². The highest BCUT2D eigenvalue weighted by atomic mass is 32.1. The van der Waals surface area contributed by atoms with Gasteiger partial charge in [-0.2, -0.15) is 0 Å². The highest BCUT2D eigenvalue weighted by Crippen LogP contribution is 2.32. The van der Waals surface area contributed by atoms with E-state index in [2.05, 4.69) is 27.2 Å². The third-order valence-electron chi connectivity index (χ3n) is 4.18. The van der Waals surface area contributed by atoms with Gasteiger partial charge < -0.3 is 14.5 Å². The zero-order valence-electron chi connectivity index (χ0n) is 15.4. The van der Waals surface area contributed by atoms with Crippen molar-refractivity contribution in [3.8, 4) is 0 Å². The summed E-state index contributed by atoms with van der Waals surface area (Å²) in [6.07, 6.45) is 3.55. The van der Waals surface area contributed by atoms with E-state index in [1.165, 1.54) is 10.9 Å². The van der Waals surface area contributed by atoms with Gasteiger partial charge in [0.15, 0.2) is 0 Å². The number of carbonyl (C=O) groups is 1. The Morgan fingerprint density at radius 1 is 1.24 bits per heavy atom. The van der Waals surface area contributed by atoms with Crippen LogP contribution in [0.2, 0.25) is 0 Å². The lowest BCUT2D eigenvalue weighted by molar-refractivity contribution is 0.0240. The molecule has 0 unspecified atom stereocenters. The van der Waals surface area contributed by atoms with Gasteiger partial charge in [0.2, 0.25) is 0 Å². The molecule has 136 valence electrons. The number of thiophene rings is 1.